The summed E-state index contributed by atoms with van der Waals surface area (Å²) >= 11 is 1.31. The molecule has 0 spiro atoms. The first-order valence-corrected chi connectivity index (χ1v) is 6.47. The highest BCUT2D eigenvalue weighted by atomic mass is 32.1. The van der Waals surface area contributed by atoms with Crippen molar-refractivity contribution in [2.45, 2.75) is 0 Å². The number of rotatable bonds is 2. The van der Waals surface area contributed by atoms with Crippen LogP contribution in [0.25, 0.3) is 21.7 Å². The molecule has 3 rings (SSSR count). The van der Waals surface area contributed by atoms with Crippen LogP contribution in [0, 0.1) is 0 Å². The maximum atomic E-state index is 9.66. The summed E-state index contributed by atoms with van der Waals surface area (Å²) in [5.74, 6) is 0. The van der Waals surface area contributed by atoms with Crippen LogP contribution >= 0.6 is 11.3 Å². The number of thiazole rings is 1. The van der Waals surface area contributed by atoms with Gasteiger partial charge in [-0.25, -0.2) is 4.98 Å². The quantitative estimate of drug-likeness (QED) is 0.743. The van der Waals surface area contributed by atoms with E-state index in [1.165, 1.54) is 11.3 Å². The van der Waals surface area contributed by atoms with Crippen LogP contribution in [-0.2, 0) is 0 Å². The molecule has 0 radical (unpaired) electrons. The average Bonchev–Trinajstić information content (AvgIpc) is 2.83. The van der Waals surface area contributed by atoms with Gasteiger partial charge in [0.2, 0.25) is 0 Å². The lowest BCUT2D eigenvalue weighted by Gasteiger charge is -2.01. The summed E-state index contributed by atoms with van der Waals surface area (Å²) < 4.78 is 0. The summed E-state index contributed by atoms with van der Waals surface area (Å²) in [4.78, 5) is 5.23. The van der Waals surface area contributed by atoms with Gasteiger partial charge in [0.05, 0.1) is 10.6 Å². The van der Waals surface area contributed by atoms with Gasteiger partial charge in [-0.05, 0) is 5.56 Å². The fourth-order valence-corrected chi connectivity index (χ4v) is 2.72. The van der Waals surface area contributed by atoms with Crippen molar-refractivity contribution in [2.24, 2.45) is 0 Å². The van der Waals surface area contributed by atoms with Gasteiger partial charge in [0, 0.05) is 5.56 Å². The molecule has 2 nitrogen and oxygen atoms in total. The maximum absolute atomic E-state index is 9.66. The topological polar surface area (TPSA) is 33.1 Å². The number of aromatic nitrogens is 1. The van der Waals surface area contributed by atoms with E-state index < -0.39 is 0 Å². The second-order valence-corrected chi connectivity index (χ2v) is 4.88. The highest BCUT2D eigenvalue weighted by molar-refractivity contribution is 7.17. The number of aromatic hydroxyl groups is 1. The largest absolute Gasteiger partial charge is 0.486 e. The third kappa shape index (κ3) is 2.00. The van der Waals surface area contributed by atoms with Crippen LogP contribution in [0.15, 0.2) is 60.7 Å². The first-order chi connectivity index (χ1) is 8.84. The van der Waals surface area contributed by atoms with Crippen LogP contribution in [0.1, 0.15) is 0 Å². The van der Waals surface area contributed by atoms with Gasteiger partial charge < -0.3 is 5.11 Å². The molecule has 3 heteroatoms. The Morgan fingerprint density at radius 3 is 1.94 bits per heavy atom. The summed E-state index contributed by atoms with van der Waals surface area (Å²) in [6.07, 6.45) is 0. The van der Waals surface area contributed by atoms with E-state index in [2.05, 4.69) is 4.98 Å². The second kappa shape index (κ2) is 4.63. The van der Waals surface area contributed by atoms with E-state index in [0.717, 1.165) is 21.7 Å². The molecule has 0 saturated heterocycles. The predicted octanol–water partition coefficient (Wildman–Crippen LogP) is 4.18. The molecule has 0 aliphatic heterocycles. The summed E-state index contributed by atoms with van der Waals surface area (Å²) in [6, 6.07) is 19.9. The van der Waals surface area contributed by atoms with Crippen LogP contribution in [0.5, 0.6) is 5.19 Å². The molecule has 0 atom stereocenters. The van der Waals surface area contributed by atoms with Crippen molar-refractivity contribution in [3.05, 3.63) is 60.7 Å². The Labute approximate surface area is 109 Å². The summed E-state index contributed by atoms with van der Waals surface area (Å²) in [7, 11) is 0. The normalized spacial score (nSPS) is 10.4. The van der Waals surface area contributed by atoms with E-state index in [1.54, 1.807) is 0 Å². The molecule has 1 N–H and O–H groups in total. The number of benzene rings is 2. The highest BCUT2D eigenvalue weighted by Crippen LogP contribution is 2.39. The molecule has 88 valence electrons. The third-order valence-electron chi connectivity index (χ3n) is 2.70. The molecule has 0 aliphatic rings. The van der Waals surface area contributed by atoms with Crippen molar-refractivity contribution in [2.75, 3.05) is 0 Å². The zero-order valence-corrected chi connectivity index (χ0v) is 10.4. The molecule has 3 aromatic rings. The van der Waals surface area contributed by atoms with Crippen molar-refractivity contribution >= 4 is 11.3 Å². The van der Waals surface area contributed by atoms with Gasteiger partial charge in [0.25, 0.3) is 5.19 Å². The minimum atomic E-state index is 0.104. The molecule has 1 heterocycles. The molecule has 0 fully saturated rings. The van der Waals surface area contributed by atoms with E-state index in [4.69, 9.17) is 0 Å². The van der Waals surface area contributed by atoms with Crippen LogP contribution in [0.4, 0.5) is 0 Å². The lowest BCUT2D eigenvalue weighted by atomic mass is 10.1. The summed E-state index contributed by atoms with van der Waals surface area (Å²) in [5.41, 5.74) is 2.94. The zero-order chi connectivity index (χ0) is 12.4. The lowest BCUT2D eigenvalue weighted by molar-refractivity contribution is 0.471. The molecular formula is C15H11NOS. The number of hydrogen-bond donors (Lipinski definition) is 1. The van der Waals surface area contributed by atoms with Gasteiger partial charge in [0.1, 0.15) is 0 Å². The molecule has 1 aromatic heterocycles. The molecule has 18 heavy (non-hydrogen) atoms. The average molecular weight is 253 g/mol. The van der Waals surface area contributed by atoms with E-state index in [1.807, 2.05) is 60.7 Å². The second-order valence-electron chi connectivity index (χ2n) is 3.91. The molecule has 0 unspecified atom stereocenters. The van der Waals surface area contributed by atoms with Gasteiger partial charge in [-0.2, -0.15) is 0 Å². The third-order valence-corrected chi connectivity index (χ3v) is 3.61. The fraction of sp³-hybridized carbons (Fsp3) is 0. The number of nitrogens with zero attached hydrogens (tertiary/aromatic N) is 1. The molecule has 2 aromatic carbocycles. The first kappa shape index (κ1) is 11.0. The van der Waals surface area contributed by atoms with Gasteiger partial charge >= 0.3 is 0 Å². The Bertz CT molecular complexity index is 590. The standard InChI is InChI=1S/C15H11NOS/c17-15-16-13(11-7-3-1-4-8-11)14(18-15)12-9-5-2-6-10-12/h1-10H,(H,16,17). The Hall–Kier alpha value is -2.13. The van der Waals surface area contributed by atoms with E-state index in [9.17, 15) is 5.11 Å². The monoisotopic (exact) mass is 253 g/mol. The SMILES string of the molecule is Oc1nc(-c2ccccc2)c(-c2ccccc2)s1. The smallest absolute Gasteiger partial charge is 0.271 e. The Balaban J connectivity index is 2.17. The first-order valence-electron chi connectivity index (χ1n) is 5.65. The highest BCUT2D eigenvalue weighted by Gasteiger charge is 2.13. The molecular weight excluding hydrogens is 242 g/mol. The molecule has 0 bridgehead atoms. The Morgan fingerprint density at radius 1 is 0.778 bits per heavy atom. The van der Waals surface area contributed by atoms with Gasteiger partial charge in [0.15, 0.2) is 0 Å². The Kier molecular flexibility index (Phi) is 2.82. The maximum Gasteiger partial charge on any atom is 0.271 e. The predicted molar refractivity (Wildman–Crippen MR) is 74.7 cm³/mol. The minimum Gasteiger partial charge on any atom is -0.486 e. The zero-order valence-electron chi connectivity index (χ0n) is 9.58. The lowest BCUT2D eigenvalue weighted by Crippen LogP contribution is -1.80. The van der Waals surface area contributed by atoms with Crippen LogP contribution in [0.2, 0.25) is 0 Å². The van der Waals surface area contributed by atoms with Crippen molar-refractivity contribution in [1.29, 1.82) is 0 Å². The Morgan fingerprint density at radius 2 is 1.33 bits per heavy atom. The van der Waals surface area contributed by atoms with Crippen LogP contribution in [0.3, 0.4) is 0 Å². The van der Waals surface area contributed by atoms with Gasteiger partial charge in [-0.3, -0.25) is 0 Å². The molecule has 0 aliphatic carbocycles. The van der Waals surface area contributed by atoms with Gasteiger partial charge in [-0.15, -0.1) is 0 Å². The van der Waals surface area contributed by atoms with Crippen molar-refractivity contribution < 1.29 is 5.11 Å². The van der Waals surface area contributed by atoms with E-state index in [-0.39, 0.29) is 5.19 Å². The van der Waals surface area contributed by atoms with Crippen LogP contribution < -0.4 is 0 Å². The van der Waals surface area contributed by atoms with E-state index in [0.29, 0.717) is 0 Å². The molecule has 0 amide bonds. The fourth-order valence-electron chi connectivity index (χ4n) is 1.89. The summed E-state index contributed by atoms with van der Waals surface area (Å²) in [5, 5.41) is 9.77. The van der Waals surface area contributed by atoms with Crippen LogP contribution in [-0.4, -0.2) is 10.1 Å². The van der Waals surface area contributed by atoms with Crippen molar-refractivity contribution in [1.82, 2.24) is 4.98 Å². The number of hydrogen-bond acceptors (Lipinski definition) is 3. The summed E-state index contributed by atoms with van der Waals surface area (Å²) in [6.45, 7) is 0. The van der Waals surface area contributed by atoms with Gasteiger partial charge in [-0.1, -0.05) is 72.0 Å². The minimum absolute atomic E-state index is 0.104. The molecule has 0 saturated carbocycles. The van der Waals surface area contributed by atoms with Crippen molar-refractivity contribution in [3.8, 4) is 26.9 Å². The van der Waals surface area contributed by atoms with Crippen molar-refractivity contribution in [3.63, 3.8) is 0 Å². The van der Waals surface area contributed by atoms with E-state index >= 15 is 0 Å².